The van der Waals surface area contributed by atoms with Crippen molar-refractivity contribution in [3.63, 3.8) is 0 Å². The minimum atomic E-state index is -4.15. The van der Waals surface area contributed by atoms with Gasteiger partial charge in [0.2, 0.25) is 0 Å². The Hall–Kier alpha value is -1.67. The second-order valence-corrected chi connectivity index (χ2v) is 7.25. The van der Waals surface area contributed by atoms with E-state index in [-0.39, 0.29) is 10.2 Å². The Morgan fingerprint density at radius 3 is 2.18 bits per heavy atom. The quantitative estimate of drug-likeness (QED) is 0.811. The van der Waals surface area contributed by atoms with Crippen LogP contribution in [-0.4, -0.2) is 22.5 Å². The topological polar surface area (TPSA) is 49.4 Å². The summed E-state index contributed by atoms with van der Waals surface area (Å²) < 4.78 is 53.4. The van der Waals surface area contributed by atoms with E-state index >= 15 is 0 Å². The second kappa shape index (κ2) is 6.21. The Kier molecular flexibility index (Phi) is 4.72. The van der Waals surface area contributed by atoms with Gasteiger partial charge in [-0.25, -0.2) is 17.2 Å². The summed E-state index contributed by atoms with van der Waals surface area (Å²) >= 11 is 2.84. The van der Waals surface area contributed by atoms with E-state index in [1.807, 2.05) is 19.0 Å². The third-order valence-electron chi connectivity index (χ3n) is 2.90. The SMILES string of the molecule is CN(C)c1ccc(NS(=O)(=O)c2cc(Br)c(F)cc2F)cc1. The van der Waals surface area contributed by atoms with Gasteiger partial charge in [0.05, 0.1) is 4.47 Å². The number of sulfonamides is 1. The molecule has 0 unspecified atom stereocenters. The van der Waals surface area contributed by atoms with E-state index in [2.05, 4.69) is 20.7 Å². The van der Waals surface area contributed by atoms with Gasteiger partial charge in [-0.05, 0) is 46.3 Å². The normalized spacial score (nSPS) is 11.3. The molecule has 0 bridgehead atoms. The van der Waals surface area contributed by atoms with Gasteiger partial charge in [-0.15, -0.1) is 0 Å². The zero-order valence-electron chi connectivity index (χ0n) is 11.8. The summed E-state index contributed by atoms with van der Waals surface area (Å²) in [6.45, 7) is 0. The van der Waals surface area contributed by atoms with Gasteiger partial charge >= 0.3 is 0 Å². The van der Waals surface area contributed by atoms with Gasteiger partial charge in [-0.2, -0.15) is 0 Å². The first-order valence-corrected chi connectivity index (χ1v) is 8.43. The minimum Gasteiger partial charge on any atom is -0.378 e. The molecule has 0 aliphatic rings. The molecule has 0 radical (unpaired) electrons. The summed E-state index contributed by atoms with van der Waals surface area (Å²) in [6.07, 6.45) is 0. The lowest BCUT2D eigenvalue weighted by molar-refractivity contribution is 0.548. The molecule has 0 spiro atoms. The molecule has 0 aromatic heterocycles. The van der Waals surface area contributed by atoms with Crippen LogP contribution in [0.5, 0.6) is 0 Å². The predicted molar refractivity (Wildman–Crippen MR) is 85.6 cm³/mol. The monoisotopic (exact) mass is 390 g/mol. The summed E-state index contributed by atoms with van der Waals surface area (Å²) in [6, 6.07) is 7.96. The third-order valence-corrected chi connectivity index (χ3v) is 4.90. The molecule has 2 rings (SSSR count). The molecule has 0 saturated heterocycles. The first-order valence-electron chi connectivity index (χ1n) is 6.15. The highest BCUT2D eigenvalue weighted by atomic mass is 79.9. The Morgan fingerprint density at radius 1 is 1.05 bits per heavy atom. The van der Waals surface area contributed by atoms with Gasteiger partial charge in [0.25, 0.3) is 10.0 Å². The number of halogens is 3. The van der Waals surface area contributed by atoms with Crippen LogP contribution in [-0.2, 0) is 10.0 Å². The molecule has 0 aliphatic carbocycles. The van der Waals surface area contributed by atoms with Gasteiger partial charge in [-0.3, -0.25) is 4.72 Å². The highest BCUT2D eigenvalue weighted by Gasteiger charge is 2.21. The maximum Gasteiger partial charge on any atom is 0.264 e. The Labute approximate surface area is 135 Å². The van der Waals surface area contributed by atoms with Crippen LogP contribution in [0.1, 0.15) is 0 Å². The molecule has 4 nitrogen and oxygen atoms in total. The van der Waals surface area contributed by atoms with E-state index in [0.29, 0.717) is 6.07 Å². The summed E-state index contributed by atoms with van der Waals surface area (Å²) in [7, 11) is -0.448. The van der Waals surface area contributed by atoms with Crippen molar-refractivity contribution in [2.45, 2.75) is 4.90 Å². The van der Waals surface area contributed by atoms with E-state index in [4.69, 9.17) is 0 Å². The van der Waals surface area contributed by atoms with Crippen molar-refractivity contribution in [1.82, 2.24) is 0 Å². The number of benzene rings is 2. The zero-order chi connectivity index (χ0) is 16.5. The van der Waals surface area contributed by atoms with E-state index in [1.54, 1.807) is 24.3 Å². The van der Waals surface area contributed by atoms with Crippen molar-refractivity contribution in [3.8, 4) is 0 Å². The highest BCUT2D eigenvalue weighted by Crippen LogP contribution is 2.25. The molecule has 0 fully saturated rings. The van der Waals surface area contributed by atoms with E-state index in [1.165, 1.54) is 0 Å². The zero-order valence-corrected chi connectivity index (χ0v) is 14.2. The van der Waals surface area contributed by atoms with Crippen molar-refractivity contribution < 1.29 is 17.2 Å². The van der Waals surface area contributed by atoms with Gasteiger partial charge in [0, 0.05) is 31.5 Å². The lowest BCUT2D eigenvalue weighted by Crippen LogP contribution is -2.15. The third kappa shape index (κ3) is 3.56. The molecule has 2 aromatic carbocycles. The number of rotatable bonds is 4. The van der Waals surface area contributed by atoms with Crippen molar-refractivity contribution in [2.24, 2.45) is 0 Å². The highest BCUT2D eigenvalue weighted by molar-refractivity contribution is 9.10. The summed E-state index contributed by atoms with van der Waals surface area (Å²) in [4.78, 5) is 1.23. The maximum atomic E-state index is 13.7. The number of anilines is 2. The standard InChI is InChI=1S/C14H13BrF2N2O2S/c1-19(2)10-5-3-9(4-6-10)18-22(20,21)14-7-11(15)12(16)8-13(14)17/h3-8,18H,1-2H3. The molecule has 0 atom stereocenters. The summed E-state index contributed by atoms with van der Waals surface area (Å²) in [5.74, 6) is -2.02. The molecule has 118 valence electrons. The number of nitrogens with zero attached hydrogens (tertiary/aromatic N) is 1. The van der Waals surface area contributed by atoms with Crippen LogP contribution in [0.3, 0.4) is 0 Å². The van der Waals surface area contributed by atoms with Gasteiger partial charge in [0.1, 0.15) is 16.5 Å². The van der Waals surface area contributed by atoms with Gasteiger partial charge in [0.15, 0.2) is 0 Å². The van der Waals surface area contributed by atoms with Crippen molar-refractivity contribution >= 4 is 37.3 Å². The second-order valence-electron chi connectivity index (χ2n) is 4.74. The van der Waals surface area contributed by atoms with Crippen molar-refractivity contribution in [2.75, 3.05) is 23.7 Å². The fourth-order valence-corrected chi connectivity index (χ4v) is 3.39. The lowest BCUT2D eigenvalue weighted by atomic mass is 10.3. The molecule has 8 heteroatoms. The first-order chi connectivity index (χ1) is 10.2. The number of nitrogens with one attached hydrogen (secondary N) is 1. The van der Waals surface area contributed by atoms with Gasteiger partial charge in [-0.1, -0.05) is 0 Å². The van der Waals surface area contributed by atoms with Crippen LogP contribution in [0.15, 0.2) is 45.8 Å². The average molecular weight is 391 g/mol. The molecule has 0 aliphatic heterocycles. The molecule has 0 heterocycles. The van der Waals surface area contributed by atoms with Crippen LogP contribution in [0.2, 0.25) is 0 Å². The smallest absolute Gasteiger partial charge is 0.264 e. The molecule has 0 saturated carbocycles. The van der Waals surface area contributed by atoms with Crippen molar-refractivity contribution in [3.05, 3.63) is 52.5 Å². The number of hydrogen-bond donors (Lipinski definition) is 1. The largest absolute Gasteiger partial charge is 0.378 e. The molecular formula is C14H13BrF2N2O2S. The maximum absolute atomic E-state index is 13.7. The molecule has 22 heavy (non-hydrogen) atoms. The van der Waals surface area contributed by atoms with E-state index < -0.39 is 26.6 Å². The van der Waals surface area contributed by atoms with Crippen LogP contribution >= 0.6 is 15.9 Å². The van der Waals surface area contributed by atoms with Crippen molar-refractivity contribution in [1.29, 1.82) is 0 Å². The van der Waals surface area contributed by atoms with Crippen LogP contribution in [0.4, 0.5) is 20.2 Å². The molecule has 0 amide bonds. The van der Waals surface area contributed by atoms with Gasteiger partial charge < -0.3 is 4.90 Å². The Morgan fingerprint density at radius 2 is 1.64 bits per heavy atom. The van der Waals surface area contributed by atoms with Crippen LogP contribution in [0, 0.1) is 11.6 Å². The average Bonchev–Trinajstić information content (AvgIpc) is 2.42. The van der Waals surface area contributed by atoms with E-state index in [0.717, 1.165) is 11.8 Å². The van der Waals surface area contributed by atoms with Crippen LogP contribution in [0.25, 0.3) is 0 Å². The fraction of sp³-hybridized carbons (Fsp3) is 0.143. The summed E-state index contributed by atoms with van der Waals surface area (Å²) in [5.41, 5.74) is 1.17. The Balaban J connectivity index is 2.33. The lowest BCUT2D eigenvalue weighted by Gasteiger charge is -2.14. The Bertz CT molecular complexity index is 793. The molecule has 1 N–H and O–H groups in total. The molecular weight excluding hydrogens is 378 g/mol. The van der Waals surface area contributed by atoms with Crippen LogP contribution < -0.4 is 9.62 Å². The fourth-order valence-electron chi connectivity index (χ4n) is 1.75. The molecule has 2 aromatic rings. The first kappa shape index (κ1) is 16.7. The summed E-state index contributed by atoms with van der Waals surface area (Å²) in [5, 5.41) is 0. The predicted octanol–water partition coefficient (Wildman–Crippen LogP) is 3.59. The van der Waals surface area contributed by atoms with E-state index in [9.17, 15) is 17.2 Å². The minimum absolute atomic E-state index is 0.128. The number of hydrogen-bond acceptors (Lipinski definition) is 3.